The van der Waals surface area contributed by atoms with Gasteiger partial charge in [0.15, 0.2) is 0 Å². The summed E-state index contributed by atoms with van der Waals surface area (Å²) in [7, 11) is 0. The molecule has 0 aliphatic heterocycles. The number of primary amides is 1. The van der Waals surface area contributed by atoms with Gasteiger partial charge in [0, 0.05) is 11.0 Å². The summed E-state index contributed by atoms with van der Waals surface area (Å²) >= 11 is 3.23. The lowest BCUT2D eigenvalue weighted by Crippen LogP contribution is -2.32. The summed E-state index contributed by atoms with van der Waals surface area (Å²) in [5, 5.41) is 8.87. The molecule has 0 aliphatic rings. The number of carboxylic acid groups (broad SMARTS) is 1. The van der Waals surface area contributed by atoms with Gasteiger partial charge in [-0.2, -0.15) is 0 Å². The first-order valence-electron chi connectivity index (χ1n) is 5.13. The normalized spacial score (nSPS) is 9.83. The van der Waals surface area contributed by atoms with Crippen LogP contribution in [0.2, 0.25) is 0 Å². The summed E-state index contributed by atoms with van der Waals surface area (Å²) in [6.45, 7) is 3.64. The molecule has 0 fully saturated rings. The summed E-state index contributed by atoms with van der Waals surface area (Å²) < 4.78 is 0.534. The van der Waals surface area contributed by atoms with Gasteiger partial charge in [0.1, 0.15) is 6.54 Å². The minimum absolute atomic E-state index is 0.233. The molecule has 18 heavy (non-hydrogen) atoms. The summed E-state index contributed by atoms with van der Waals surface area (Å²) in [5.41, 5.74) is 6.05. The molecule has 96 valence electrons. The maximum absolute atomic E-state index is 11.4. The summed E-state index contributed by atoms with van der Waals surface area (Å²) in [6, 6.07) is 5.04. The fourth-order valence-corrected chi connectivity index (χ4v) is 2.14. The Hall–Kier alpha value is -1.82. The van der Waals surface area contributed by atoms with Crippen LogP contribution in [-0.2, 0) is 4.79 Å². The molecule has 6 heteroatoms. The number of nitrogens with zero attached hydrogens (tertiary/aromatic N) is 1. The highest BCUT2D eigenvalue weighted by Gasteiger charge is 2.18. The topological polar surface area (TPSA) is 83.6 Å². The Bertz CT molecular complexity index is 488. The third-order valence-corrected chi connectivity index (χ3v) is 2.92. The van der Waals surface area contributed by atoms with Crippen LogP contribution in [0.25, 0.3) is 0 Å². The fourth-order valence-electron chi connectivity index (χ4n) is 1.59. The zero-order valence-corrected chi connectivity index (χ0v) is 11.2. The summed E-state index contributed by atoms with van der Waals surface area (Å²) in [4.78, 5) is 23.8. The monoisotopic (exact) mass is 312 g/mol. The second-order valence-electron chi connectivity index (χ2n) is 3.56. The van der Waals surface area contributed by atoms with E-state index >= 15 is 0 Å². The molecular formula is C12H13BrN2O3. The zero-order chi connectivity index (χ0) is 13.7. The molecule has 3 N–H and O–H groups in total. The molecule has 1 amide bonds. The Labute approximate surface area is 113 Å². The molecule has 0 atom stereocenters. The van der Waals surface area contributed by atoms with Gasteiger partial charge >= 0.3 is 5.97 Å². The maximum Gasteiger partial charge on any atom is 0.323 e. The Morgan fingerprint density at radius 3 is 2.67 bits per heavy atom. The lowest BCUT2D eigenvalue weighted by atomic mass is 10.1. The van der Waals surface area contributed by atoms with Crippen LogP contribution in [0.3, 0.4) is 0 Å². The molecule has 1 rings (SSSR count). The highest BCUT2D eigenvalue weighted by atomic mass is 79.9. The minimum Gasteiger partial charge on any atom is -0.480 e. The molecule has 1 aromatic carbocycles. The van der Waals surface area contributed by atoms with Crippen molar-refractivity contribution in [2.75, 3.05) is 18.0 Å². The average Bonchev–Trinajstić information content (AvgIpc) is 2.27. The number of carbonyl (C=O) groups is 2. The molecule has 0 aromatic heterocycles. The van der Waals surface area contributed by atoms with Crippen LogP contribution in [0.5, 0.6) is 0 Å². The molecule has 0 radical (unpaired) electrons. The van der Waals surface area contributed by atoms with E-state index in [-0.39, 0.29) is 12.1 Å². The number of nitrogens with two attached hydrogens (primary N) is 1. The Balaban J connectivity index is 3.26. The fraction of sp³-hybridized carbons (Fsp3) is 0.167. The van der Waals surface area contributed by atoms with Gasteiger partial charge in [-0.15, -0.1) is 6.58 Å². The minimum atomic E-state index is -0.993. The van der Waals surface area contributed by atoms with E-state index in [2.05, 4.69) is 22.5 Å². The van der Waals surface area contributed by atoms with Crippen LogP contribution in [0.1, 0.15) is 10.4 Å². The van der Waals surface area contributed by atoms with E-state index in [1.54, 1.807) is 24.3 Å². The first kappa shape index (κ1) is 14.2. The van der Waals surface area contributed by atoms with Gasteiger partial charge in [-0.1, -0.05) is 12.1 Å². The van der Waals surface area contributed by atoms with E-state index < -0.39 is 11.9 Å². The van der Waals surface area contributed by atoms with Crippen LogP contribution in [-0.4, -0.2) is 30.1 Å². The van der Waals surface area contributed by atoms with E-state index in [1.807, 2.05) is 0 Å². The van der Waals surface area contributed by atoms with Gasteiger partial charge in [0.2, 0.25) is 0 Å². The van der Waals surface area contributed by atoms with Gasteiger partial charge < -0.3 is 15.7 Å². The lowest BCUT2D eigenvalue weighted by molar-refractivity contribution is -0.135. The second-order valence-corrected chi connectivity index (χ2v) is 4.42. The van der Waals surface area contributed by atoms with Crippen LogP contribution in [0.4, 0.5) is 5.69 Å². The molecule has 0 saturated heterocycles. The number of carbonyl (C=O) groups excluding carboxylic acids is 1. The lowest BCUT2D eigenvalue weighted by Gasteiger charge is -2.23. The van der Waals surface area contributed by atoms with Crippen LogP contribution in [0.15, 0.2) is 35.3 Å². The number of rotatable bonds is 6. The van der Waals surface area contributed by atoms with Crippen LogP contribution in [0, 0.1) is 0 Å². The van der Waals surface area contributed by atoms with Crippen molar-refractivity contribution < 1.29 is 14.7 Å². The number of hydrogen-bond donors (Lipinski definition) is 2. The van der Waals surface area contributed by atoms with Crippen molar-refractivity contribution in [2.24, 2.45) is 5.73 Å². The molecule has 0 unspecified atom stereocenters. The molecule has 0 bridgehead atoms. The SMILES string of the molecule is C=CCN(CC(=O)O)c1cccc(Br)c1C(N)=O. The Kier molecular flexibility index (Phi) is 4.91. The molecule has 0 aliphatic carbocycles. The molecule has 0 saturated carbocycles. The van der Waals surface area contributed by atoms with E-state index in [0.717, 1.165) is 0 Å². The maximum atomic E-state index is 11.4. The molecule has 5 nitrogen and oxygen atoms in total. The van der Waals surface area contributed by atoms with Gasteiger partial charge in [-0.05, 0) is 28.1 Å². The number of anilines is 1. The van der Waals surface area contributed by atoms with Crippen LogP contribution < -0.4 is 10.6 Å². The number of amides is 1. The highest BCUT2D eigenvalue weighted by Crippen LogP contribution is 2.27. The quantitative estimate of drug-likeness (QED) is 0.782. The van der Waals surface area contributed by atoms with Gasteiger partial charge in [0.05, 0.1) is 11.3 Å². The van der Waals surface area contributed by atoms with Crippen molar-refractivity contribution in [3.63, 3.8) is 0 Å². The predicted molar refractivity (Wildman–Crippen MR) is 72.7 cm³/mol. The summed E-state index contributed by atoms with van der Waals surface area (Å²) in [6.07, 6.45) is 1.56. The highest BCUT2D eigenvalue weighted by molar-refractivity contribution is 9.10. The van der Waals surface area contributed by atoms with E-state index in [9.17, 15) is 9.59 Å². The number of hydrogen-bond acceptors (Lipinski definition) is 3. The predicted octanol–water partition coefficient (Wildman–Crippen LogP) is 1.62. The van der Waals surface area contributed by atoms with Crippen molar-refractivity contribution in [1.82, 2.24) is 0 Å². The largest absolute Gasteiger partial charge is 0.480 e. The zero-order valence-electron chi connectivity index (χ0n) is 9.60. The van der Waals surface area contributed by atoms with E-state index in [4.69, 9.17) is 10.8 Å². The average molecular weight is 313 g/mol. The molecule has 0 heterocycles. The first-order valence-corrected chi connectivity index (χ1v) is 5.92. The Morgan fingerprint density at radius 2 is 2.17 bits per heavy atom. The third-order valence-electron chi connectivity index (χ3n) is 2.25. The number of halogens is 1. The van der Waals surface area contributed by atoms with Crippen molar-refractivity contribution in [1.29, 1.82) is 0 Å². The second kappa shape index (κ2) is 6.20. The number of aliphatic carboxylic acids is 1. The smallest absolute Gasteiger partial charge is 0.323 e. The molecular weight excluding hydrogens is 300 g/mol. The number of benzene rings is 1. The van der Waals surface area contributed by atoms with Gasteiger partial charge in [-0.3, -0.25) is 9.59 Å². The first-order chi connectivity index (χ1) is 8.47. The third kappa shape index (κ3) is 3.33. The van der Waals surface area contributed by atoms with Crippen molar-refractivity contribution in [2.45, 2.75) is 0 Å². The van der Waals surface area contributed by atoms with E-state index in [1.165, 1.54) is 4.90 Å². The number of carboxylic acids is 1. The van der Waals surface area contributed by atoms with Gasteiger partial charge in [-0.25, -0.2) is 0 Å². The van der Waals surface area contributed by atoms with Crippen molar-refractivity contribution in [3.05, 3.63) is 40.9 Å². The molecule has 0 spiro atoms. The molecule has 1 aromatic rings. The van der Waals surface area contributed by atoms with Crippen molar-refractivity contribution in [3.8, 4) is 0 Å². The van der Waals surface area contributed by atoms with Crippen molar-refractivity contribution >= 4 is 33.5 Å². The summed E-state index contributed by atoms with van der Waals surface area (Å²) in [5.74, 6) is -1.61. The Morgan fingerprint density at radius 1 is 1.50 bits per heavy atom. The van der Waals surface area contributed by atoms with Gasteiger partial charge in [0.25, 0.3) is 5.91 Å². The van der Waals surface area contributed by atoms with E-state index in [0.29, 0.717) is 16.7 Å². The standard InChI is InChI=1S/C12H13BrN2O3/c1-2-6-15(7-10(16)17)9-5-3-4-8(13)11(9)12(14)18/h2-5H,1,6-7H2,(H2,14,18)(H,16,17). The van der Waals surface area contributed by atoms with Crippen LogP contribution >= 0.6 is 15.9 Å².